The van der Waals surface area contributed by atoms with E-state index in [2.05, 4.69) is 10.3 Å². The van der Waals surface area contributed by atoms with Crippen LogP contribution in [0.4, 0.5) is 5.69 Å². The van der Waals surface area contributed by atoms with Crippen LogP contribution in [0.3, 0.4) is 0 Å². The maximum atomic E-state index is 12.7. The van der Waals surface area contributed by atoms with E-state index in [1.807, 2.05) is 0 Å². The van der Waals surface area contributed by atoms with Gasteiger partial charge in [0, 0.05) is 7.05 Å². The highest BCUT2D eigenvalue weighted by atomic mass is 16.5. The molecule has 0 saturated carbocycles. The number of nitrogens with zero attached hydrogens (tertiary/aromatic N) is 2. The van der Waals surface area contributed by atoms with Crippen LogP contribution in [-0.4, -0.2) is 41.0 Å². The minimum Gasteiger partial charge on any atom is -0.467 e. The molecule has 0 saturated heterocycles. The first-order chi connectivity index (χ1) is 17.3. The van der Waals surface area contributed by atoms with Crippen molar-refractivity contribution >= 4 is 34.4 Å². The third-order valence-corrected chi connectivity index (χ3v) is 5.44. The SMILES string of the molecule is CN(C(=O)COC(=O)Cn1c(=O)[nH]c(=O)c2ccccc21)c1ccccc1C(=O)NCc1ccco1. The topological polar surface area (TPSA) is 144 Å². The molecule has 36 heavy (non-hydrogen) atoms. The van der Waals surface area contributed by atoms with Gasteiger partial charge in [-0.25, -0.2) is 4.79 Å². The second-order valence-electron chi connectivity index (χ2n) is 7.76. The quantitative estimate of drug-likeness (QED) is 0.356. The number of nitrogens with one attached hydrogen (secondary N) is 2. The molecule has 184 valence electrons. The van der Waals surface area contributed by atoms with Gasteiger partial charge in [-0.15, -0.1) is 0 Å². The van der Waals surface area contributed by atoms with Crippen LogP contribution in [0.15, 0.2) is 80.9 Å². The number of amides is 2. The first kappa shape index (κ1) is 24.2. The Balaban J connectivity index is 1.41. The molecule has 0 aliphatic rings. The van der Waals surface area contributed by atoms with Crippen molar-refractivity contribution in [2.24, 2.45) is 0 Å². The summed E-state index contributed by atoms with van der Waals surface area (Å²) in [6, 6.07) is 16.2. The van der Waals surface area contributed by atoms with Crippen molar-refractivity contribution in [2.45, 2.75) is 13.1 Å². The molecule has 11 heteroatoms. The van der Waals surface area contributed by atoms with Crippen LogP contribution < -0.4 is 21.5 Å². The van der Waals surface area contributed by atoms with Gasteiger partial charge in [-0.05, 0) is 36.4 Å². The average molecular weight is 490 g/mol. The highest BCUT2D eigenvalue weighted by Gasteiger charge is 2.20. The number of aromatic amines is 1. The molecule has 2 heterocycles. The number of anilines is 1. The molecular formula is C25H22N4O7. The molecule has 0 bridgehead atoms. The third kappa shape index (κ3) is 5.25. The zero-order valence-electron chi connectivity index (χ0n) is 19.2. The fourth-order valence-corrected chi connectivity index (χ4v) is 3.58. The number of esters is 1. The van der Waals surface area contributed by atoms with Crippen LogP contribution in [0.25, 0.3) is 10.9 Å². The fraction of sp³-hybridized carbons (Fsp3) is 0.160. The first-order valence-corrected chi connectivity index (χ1v) is 10.9. The zero-order chi connectivity index (χ0) is 25.7. The van der Waals surface area contributed by atoms with Gasteiger partial charge in [0.05, 0.1) is 35.0 Å². The number of benzene rings is 2. The Hall–Kier alpha value is -4.93. The van der Waals surface area contributed by atoms with E-state index in [0.717, 1.165) is 4.57 Å². The molecule has 0 atom stereocenters. The summed E-state index contributed by atoms with van der Waals surface area (Å²) in [6.07, 6.45) is 1.50. The predicted molar refractivity (Wildman–Crippen MR) is 130 cm³/mol. The molecule has 4 aromatic rings. The standard InChI is InChI=1S/C25H22N4O7/c1-28(19-10-4-2-8-17(19)23(32)26-13-16-7-6-12-35-16)21(30)15-36-22(31)14-29-20-11-5-3-9-18(20)24(33)27-25(29)34/h2-12H,13-15H2,1H3,(H,26,32)(H,27,33,34). The van der Waals surface area contributed by atoms with Gasteiger partial charge in [0.2, 0.25) is 0 Å². The smallest absolute Gasteiger partial charge is 0.329 e. The summed E-state index contributed by atoms with van der Waals surface area (Å²) in [5.74, 6) is -1.27. The van der Waals surface area contributed by atoms with Crippen LogP contribution in [0.5, 0.6) is 0 Å². The van der Waals surface area contributed by atoms with Gasteiger partial charge >= 0.3 is 11.7 Å². The van der Waals surface area contributed by atoms with Gasteiger partial charge < -0.3 is 19.4 Å². The molecule has 0 radical (unpaired) electrons. The molecule has 2 N–H and O–H groups in total. The van der Waals surface area contributed by atoms with Crippen molar-refractivity contribution in [3.8, 4) is 0 Å². The number of fused-ring (bicyclic) bond motifs is 1. The van der Waals surface area contributed by atoms with Crippen molar-refractivity contribution in [3.63, 3.8) is 0 Å². The van der Waals surface area contributed by atoms with Gasteiger partial charge in [-0.1, -0.05) is 24.3 Å². The van der Waals surface area contributed by atoms with Gasteiger partial charge in [0.1, 0.15) is 12.3 Å². The van der Waals surface area contributed by atoms with E-state index in [-0.39, 0.29) is 23.0 Å². The van der Waals surface area contributed by atoms with Crippen molar-refractivity contribution < 1.29 is 23.5 Å². The molecule has 2 amide bonds. The number of rotatable bonds is 8. The summed E-state index contributed by atoms with van der Waals surface area (Å²) in [5.41, 5.74) is -0.505. The number of hydrogen-bond donors (Lipinski definition) is 2. The number of carbonyl (C=O) groups is 3. The summed E-state index contributed by atoms with van der Waals surface area (Å²) in [7, 11) is 1.45. The van der Waals surface area contributed by atoms with Gasteiger partial charge in [-0.2, -0.15) is 0 Å². The van der Waals surface area contributed by atoms with Crippen LogP contribution in [0.2, 0.25) is 0 Å². The van der Waals surface area contributed by atoms with Gasteiger partial charge in [-0.3, -0.25) is 28.7 Å². The number of furan rings is 1. The van der Waals surface area contributed by atoms with E-state index in [1.165, 1.54) is 30.3 Å². The molecule has 0 aliphatic carbocycles. The summed E-state index contributed by atoms with van der Waals surface area (Å²) in [5, 5.41) is 2.96. The number of para-hydroxylation sites is 2. The van der Waals surface area contributed by atoms with E-state index >= 15 is 0 Å². The third-order valence-electron chi connectivity index (χ3n) is 5.44. The second kappa shape index (κ2) is 10.6. The molecule has 2 aromatic carbocycles. The summed E-state index contributed by atoms with van der Waals surface area (Å²) >= 11 is 0. The molecule has 2 aromatic heterocycles. The maximum Gasteiger partial charge on any atom is 0.329 e. The number of carbonyl (C=O) groups excluding carboxylic acids is 3. The summed E-state index contributed by atoms with van der Waals surface area (Å²) in [6.45, 7) is -0.944. The highest BCUT2D eigenvalue weighted by molar-refractivity contribution is 6.05. The lowest BCUT2D eigenvalue weighted by Gasteiger charge is -2.20. The second-order valence-corrected chi connectivity index (χ2v) is 7.76. The van der Waals surface area contributed by atoms with Gasteiger partial charge in [0.15, 0.2) is 6.61 Å². The van der Waals surface area contributed by atoms with E-state index in [4.69, 9.17) is 9.15 Å². The van der Waals surface area contributed by atoms with Crippen molar-refractivity contribution in [2.75, 3.05) is 18.6 Å². The molecule has 0 fully saturated rings. The maximum absolute atomic E-state index is 12.7. The molecule has 0 spiro atoms. The minimum atomic E-state index is -0.847. The number of hydrogen-bond acceptors (Lipinski definition) is 7. The van der Waals surface area contributed by atoms with Crippen LogP contribution in [0, 0.1) is 0 Å². The van der Waals surface area contributed by atoms with E-state index in [1.54, 1.807) is 48.5 Å². The Morgan fingerprint density at radius 3 is 2.56 bits per heavy atom. The van der Waals surface area contributed by atoms with E-state index in [0.29, 0.717) is 11.4 Å². The number of H-pyrrole nitrogens is 1. The average Bonchev–Trinajstić information content (AvgIpc) is 3.41. The summed E-state index contributed by atoms with van der Waals surface area (Å²) in [4.78, 5) is 65.4. The lowest BCUT2D eigenvalue weighted by atomic mass is 10.1. The molecule has 11 nitrogen and oxygen atoms in total. The monoisotopic (exact) mass is 490 g/mol. The molecule has 0 unspecified atom stereocenters. The van der Waals surface area contributed by atoms with E-state index < -0.39 is 42.2 Å². The summed E-state index contributed by atoms with van der Waals surface area (Å²) < 4.78 is 11.4. The van der Waals surface area contributed by atoms with E-state index in [9.17, 15) is 24.0 Å². The number of ether oxygens (including phenoxy) is 1. The molecule has 4 rings (SSSR count). The molecular weight excluding hydrogens is 468 g/mol. The Morgan fingerprint density at radius 1 is 1.03 bits per heavy atom. The minimum absolute atomic E-state index is 0.175. The fourth-order valence-electron chi connectivity index (χ4n) is 3.58. The lowest BCUT2D eigenvalue weighted by Crippen LogP contribution is -2.35. The Labute approximate surface area is 203 Å². The Bertz CT molecular complexity index is 1540. The van der Waals surface area contributed by atoms with Crippen LogP contribution in [0.1, 0.15) is 16.1 Å². The largest absolute Gasteiger partial charge is 0.467 e. The highest BCUT2D eigenvalue weighted by Crippen LogP contribution is 2.19. The first-order valence-electron chi connectivity index (χ1n) is 10.9. The van der Waals surface area contributed by atoms with Crippen LogP contribution >= 0.6 is 0 Å². The Morgan fingerprint density at radius 2 is 1.78 bits per heavy atom. The normalized spacial score (nSPS) is 10.7. The van der Waals surface area contributed by atoms with Crippen molar-refractivity contribution in [3.05, 3.63) is 99.1 Å². The zero-order valence-corrected chi connectivity index (χ0v) is 19.2. The van der Waals surface area contributed by atoms with Crippen molar-refractivity contribution in [1.82, 2.24) is 14.9 Å². The van der Waals surface area contributed by atoms with Crippen LogP contribution in [-0.2, 0) is 27.4 Å². The number of likely N-dealkylation sites (N-methyl/N-ethyl adjacent to an activating group) is 1. The molecule has 0 aliphatic heterocycles. The lowest BCUT2D eigenvalue weighted by molar-refractivity contribution is -0.148. The van der Waals surface area contributed by atoms with Crippen molar-refractivity contribution in [1.29, 1.82) is 0 Å². The Kier molecular flexibility index (Phi) is 7.10. The predicted octanol–water partition coefficient (Wildman–Crippen LogP) is 1.42. The van der Waals surface area contributed by atoms with Gasteiger partial charge in [0.25, 0.3) is 17.4 Å². The number of aromatic nitrogens is 2.